The number of benzene rings is 1. The van der Waals surface area contributed by atoms with Gasteiger partial charge in [-0.05, 0) is 31.9 Å². The van der Waals surface area contributed by atoms with Crippen LogP contribution in [0.4, 0.5) is 0 Å². The molecule has 0 radical (unpaired) electrons. The summed E-state index contributed by atoms with van der Waals surface area (Å²) in [7, 11) is 0.880. The first-order chi connectivity index (χ1) is 9.97. The van der Waals surface area contributed by atoms with E-state index < -0.39 is 10.8 Å². The average Bonchev–Trinajstić information content (AvgIpc) is 2.44. The van der Waals surface area contributed by atoms with Crippen LogP contribution in [0.5, 0.6) is 5.75 Å². The molecule has 2 atom stereocenters. The van der Waals surface area contributed by atoms with Crippen molar-refractivity contribution in [3.05, 3.63) is 29.3 Å². The highest BCUT2D eigenvalue weighted by Gasteiger charge is 2.18. The van der Waals surface area contributed by atoms with Crippen molar-refractivity contribution in [1.29, 1.82) is 0 Å². The van der Waals surface area contributed by atoms with E-state index in [0.717, 1.165) is 30.0 Å². The van der Waals surface area contributed by atoms with Crippen LogP contribution in [0.2, 0.25) is 0 Å². The van der Waals surface area contributed by atoms with Crippen molar-refractivity contribution in [3.8, 4) is 5.75 Å². The number of methoxy groups -OCH3 is 1. The van der Waals surface area contributed by atoms with E-state index in [1.807, 2.05) is 12.1 Å². The molecule has 0 saturated carbocycles. The Morgan fingerprint density at radius 1 is 1.33 bits per heavy atom. The van der Waals surface area contributed by atoms with E-state index in [-0.39, 0.29) is 6.04 Å². The molecule has 0 heterocycles. The molecule has 4 heteroatoms. The van der Waals surface area contributed by atoms with Gasteiger partial charge < -0.3 is 10.1 Å². The molecule has 21 heavy (non-hydrogen) atoms. The summed E-state index contributed by atoms with van der Waals surface area (Å²) in [6, 6.07) is 6.25. The molecule has 2 unspecified atom stereocenters. The molecular weight excluding hydrogens is 282 g/mol. The third-order valence-corrected chi connectivity index (χ3v) is 4.88. The van der Waals surface area contributed by atoms with Gasteiger partial charge in [-0.1, -0.05) is 38.5 Å². The predicted molar refractivity (Wildman–Crippen MR) is 91.5 cm³/mol. The summed E-state index contributed by atoms with van der Waals surface area (Å²) >= 11 is 0. The summed E-state index contributed by atoms with van der Waals surface area (Å²) in [6.45, 7) is 9.34. The van der Waals surface area contributed by atoms with Crippen molar-refractivity contribution < 1.29 is 8.95 Å². The van der Waals surface area contributed by atoms with Gasteiger partial charge in [-0.3, -0.25) is 4.21 Å². The van der Waals surface area contributed by atoms with Crippen molar-refractivity contribution in [1.82, 2.24) is 5.32 Å². The second kappa shape index (κ2) is 9.21. The third-order valence-electron chi connectivity index (χ3n) is 3.49. The van der Waals surface area contributed by atoms with Crippen LogP contribution in [0.1, 0.15) is 44.4 Å². The molecule has 0 aliphatic rings. The molecule has 0 aromatic heterocycles. The monoisotopic (exact) mass is 311 g/mol. The average molecular weight is 311 g/mol. The molecular formula is C17H29NO2S. The van der Waals surface area contributed by atoms with Gasteiger partial charge in [0.25, 0.3) is 0 Å². The molecule has 0 spiro atoms. The SMILES string of the molecule is CCNC(CS(=O)CCC(C)C)c1cc(C)ccc1OC. The second-order valence-electron chi connectivity index (χ2n) is 5.85. The number of hydrogen-bond acceptors (Lipinski definition) is 3. The van der Waals surface area contributed by atoms with Gasteiger partial charge in [0.1, 0.15) is 5.75 Å². The van der Waals surface area contributed by atoms with Gasteiger partial charge in [0.2, 0.25) is 0 Å². The minimum atomic E-state index is -0.808. The zero-order valence-corrected chi connectivity index (χ0v) is 14.8. The highest BCUT2D eigenvalue weighted by molar-refractivity contribution is 7.85. The summed E-state index contributed by atoms with van der Waals surface area (Å²) in [4.78, 5) is 0. The van der Waals surface area contributed by atoms with Crippen LogP contribution >= 0.6 is 0 Å². The Bertz CT molecular complexity index is 460. The normalized spacial score (nSPS) is 14.2. The molecule has 1 N–H and O–H groups in total. The van der Waals surface area contributed by atoms with E-state index in [2.05, 4.69) is 39.1 Å². The van der Waals surface area contributed by atoms with Crippen LogP contribution in [0.3, 0.4) is 0 Å². The van der Waals surface area contributed by atoms with Gasteiger partial charge in [0.15, 0.2) is 0 Å². The van der Waals surface area contributed by atoms with Crippen LogP contribution in [-0.2, 0) is 10.8 Å². The number of rotatable bonds is 9. The standard InChI is InChI=1S/C17H29NO2S/c1-6-18-16(12-21(19)10-9-13(2)3)15-11-14(4)7-8-17(15)20-5/h7-8,11,13,16,18H,6,9-10,12H2,1-5H3. The molecule has 0 fully saturated rings. The van der Waals surface area contributed by atoms with Gasteiger partial charge in [-0.15, -0.1) is 0 Å². The number of nitrogens with one attached hydrogen (secondary N) is 1. The lowest BCUT2D eigenvalue weighted by Gasteiger charge is -2.21. The fourth-order valence-corrected chi connectivity index (χ4v) is 3.84. The Morgan fingerprint density at radius 2 is 2.05 bits per heavy atom. The van der Waals surface area contributed by atoms with Crippen LogP contribution in [-0.4, -0.2) is 29.4 Å². The Hall–Kier alpha value is -0.870. The lowest BCUT2D eigenvalue weighted by atomic mass is 10.0. The lowest BCUT2D eigenvalue weighted by molar-refractivity contribution is 0.402. The van der Waals surface area contributed by atoms with Gasteiger partial charge in [-0.25, -0.2) is 0 Å². The van der Waals surface area contributed by atoms with E-state index in [1.165, 1.54) is 5.56 Å². The largest absolute Gasteiger partial charge is 0.496 e. The van der Waals surface area contributed by atoms with E-state index in [1.54, 1.807) is 7.11 Å². The van der Waals surface area contributed by atoms with Crippen molar-refractivity contribution in [2.45, 2.75) is 40.2 Å². The van der Waals surface area contributed by atoms with Crippen molar-refractivity contribution in [2.75, 3.05) is 25.2 Å². The van der Waals surface area contributed by atoms with Gasteiger partial charge in [0, 0.05) is 33.9 Å². The molecule has 3 nitrogen and oxygen atoms in total. The minimum absolute atomic E-state index is 0.0813. The van der Waals surface area contributed by atoms with E-state index in [9.17, 15) is 4.21 Å². The Kier molecular flexibility index (Phi) is 7.97. The first-order valence-electron chi connectivity index (χ1n) is 7.70. The van der Waals surface area contributed by atoms with E-state index in [0.29, 0.717) is 11.7 Å². The quantitative estimate of drug-likeness (QED) is 0.759. The first kappa shape index (κ1) is 18.2. The van der Waals surface area contributed by atoms with Crippen LogP contribution in [0.15, 0.2) is 18.2 Å². The maximum atomic E-state index is 12.3. The summed E-state index contributed by atoms with van der Waals surface area (Å²) in [5.41, 5.74) is 2.30. The van der Waals surface area contributed by atoms with Gasteiger partial charge in [-0.2, -0.15) is 0 Å². The van der Waals surface area contributed by atoms with Crippen LogP contribution < -0.4 is 10.1 Å². The van der Waals surface area contributed by atoms with Crippen LogP contribution in [0, 0.1) is 12.8 Å². The van der Waals surface area contributed by atoms with E-state index in [4.69, 9.17) is 4.74 Å². The fourth-order valence-electron chi connectivity index (χ4n) is 2.27. The Balaban J connectivity index is 2.86. The molecule has 0 aliphatic heterocycles. The van der Waals surface area contributed by atoms with Crippen LogP contribution in [0.25, 0.3) is 0 Å². The molecule has 120 valence electrons. The number of aryl methyl sites for hydroxylation is 1. The molecule has 0 amide bonds. The summed E-state index contributed by atoms with van der Waals surface area (Å²) in [6.07, 6.45) is 1.01. The molecule has 0 saturated heterocycles. The summed E-state index contributed by atoms with van der Waals surface area (Å²) in [5.74, 6) is 2.88. The van der Waals surface area contributed by atoms with E-state index >= 15 is 0 Å². The summed E-state index contributed by atoms with van der Waals surface area (Å²) < 4.78 is 17.8. The zero-order chi connectivity index (χ0) is 15.8. The maximum absolute atomic E-state index is 12.3. The topological polar surface area (TPSA) is 38.3 Å². The maximum Gasteiger partial charge on any atom is 0.123 e. The highest BCUT2D eigenvalue weighted by Crippen LogP contribution is 2.27. The minimum Gasteiger partial charge on any atom is -0.496 e. The zero-order valence-electron chi connectivity index (χ0n) is 13.9. The Morgan fingerprint density at radius 3 is 2.62 bits per heavy atom. The van der Waals surface area contributed by atoms with Crippen molar-refractivity contribution >= 4 is 10.8 Å². The third kappa shape index (κ3) is 6.18. The Labute approximate surface area is 131 Å². The molecule has 0 aliphatic carbocycles. The highest BCUT2D eigenvalue weighted by atomic mass is 32.2. The second-order valence-corrected chi connectivity index (χ2v) is 7.47. The molecule has 1 rings (SSSR count). The van der Waals surface area contributed by atoms with Gasteiger partial charge >= 0.3 is 0 Å². The van der Waals surface area contributed by atoms with Crippen molar-refractivity contribution in [3.63, 3.8) is 0 Å². The fraction of sp³-hybridized carbons (Fsp3) is 0.647. The summed E-state index contributed by atoms with van der Waals surface area (Å²) in [5, 5.41) is 3.45. The first-order valence-corrected chi connectivity index (χ1v) is 9.19. The number of ether oxygens (including phenoxy) is 1. The van der Waals surface area contributed by atoms with Gasteiger partial charge in [0.05, 0.1) is 7.11 Å². The molecule has 0 bridgehead atoms. The molecule has 1 aromatic carbocycles. The molecule has 1 aromatic rings. The number of hydrogen-bond donors (Lipinski definition) is 1. The lowest BCUT2D eigenvalue weighted by Crippen LogP contribution is -2.27. The predicted octanol–water partition coefficient (Wildman–Crippen LogP) is 3.45. The van der Waals surface area contributed by atoms with Crippen molar-refractivity contribution in [2.24, 2.45) is 5.92 Å². The smallest absolute Gasteiger partial charge is 0.123 e.